The van der Waals surface area contributed by atoms with Crippen molar-refractivity contribution in [3.05, 3.63) is 70.5 Å². The Morgan fingerprint density at radius 2 is 1.69 bits per heavy atom. The SMILES string of the molecule is C[C@@H](NC(=O)c1ccc(Cl)cc1)c1nnc(SCC(=O)Nc2ccc(C(=O)[O-])cc2)n1C. The van der Waals surface area contributed by atoms with E-state index in [2.05, 4.69) is 20.8 Å². The van der Waals surface area contributed by atoms with E-state index in [1.54, 1.807) is 42.8 Å². The first-order valence-electron chi connectivity index (χ1n) is 9.44. The third-order valence-corrected chi connectivity index (χ3v) is 5.72. The van der Waals surface area contributed by atoms with Gasteiger partial charge in [-0.25, -0.2) is 0 Å². The smallest absolute Gasteiger partial charge is 0.251 e. The Morgan fingerprint density at radius 1 is 1.06 bits per heavy atom. The molecule has 0 aliphatic rings. The molecular formula is C21H19ClN5O4S-. The van der Waals surface area contributed by atoms with Crippen LogP contribution in [-0.4, -0.2) is 38.3 Å². The average molecular weight is 473 g/mol. The Labute approximate surface area is 193 Å². The molecule has 2 aromatic carbocycles. The molecule has 0 unspecified atom stereocenters. The second kappa shape index (κ2) is 10.3. The zero-order valence-corrected chi connectivity index (χ0v) is 18.7. The zero-order chi connectivity index (χ0) is 23.3. The summed E-state index contributed by atoms with van der Waals surface area (Å²) in [5.74, 6) is -1.23. The number of rotatable bonds is 8. The quantitative estimate of drug-likeness (QED) is 0.480. The number of carboxylic acids is 1. The predicted octanol–water partition coefficient (Wildman–Crippen LogP) is 2.05. The Kier molecular flexibility index (Phi) is 7.49. The first kappa shape index (κ1) is 23.3. The molecule has 2 amide bonds. The van der Waals surface area contributed by atoms with E-state index >= 15 is 0 Å². The number of nitrogens with zero attached hydrogens (tertiary/aromatic N) is 3. The number of thioether (sulfide) groups is 1. The van der Waals surface area contributed by atoms with Gasteiger partial charge in [-0.05, 0) is 48.9 Å². The number of hydrogen-bond acceptors (Lipinski definition) is 7. The van der Waals surface area contributed by atoms with Crippen LogP contribution in [0.3, 0.4) is 0 Å². The van der Waals surface area contributed by atoms with Crippen LogP contribution in [0.2, 0.25) is 5.02 Å². The summed E-state index contributed by atoms with van der Waals surface area (Å²) in [6.45, 7) is 1.79. The van der Waals surface area contributed by atoms with E-state index in [0.717, 1.165) is 0 Å². The Morgan fingerprint density at radius 3 is 2.31 bits per heavy atom. The van der Waals surface area contributed by atoms with E-state index in [4.69, 9.17) is 11.6 Å². The van der Waals surface area contributed by atoms with Gasteiger partial charge in [0.1, 0.15) is 0 Å². The molecular weight excluding hydrogens is 454 g/mol. The van der Waals surface area contributed by atoms with Gasteiger partial charge in [-0.2, -0.15) is 0 Å². The maximum atomic E-state index is 12.4. The Bertz CT molecular complexity index is 1130. The van der Waals surface area contributed by atoms with Gasteiger partial charge in [-0.1, -0.05) is 35.5 Å². The maximum absolute atomic E-state index is 12.4. The largest absolute Gasteiger partial charge is 0.545 e. The van der Waals surface area contributed by atoms with E-state index in [1.165, 1.54) is 36.0 Å². The summed E-state index contributed by atoms with van der Waals surface area (Å²) in [6, 6.07) is 11.8. The molecule has 1 atom stereocenters. The zero-order valence-electron chi connectivity index (χ0n) is 17.2. The topological polar surface area (TPSA) is 129 Å². The van der Waals surface area contributed by atoms with E-state index in [1.807, 2.05) is 0 Å². The molecule has 0 fully saturated rings. The highest BCUT2D eigenvalue weighted by Crippen LogP contribution is 2.20. The lowest BCUT2D eigenvalue weighted by Crippen LogP contribution is -2.28. The van der Waals surface area contributed by atoms with Crippen LogP contribution in [0.4, 0.5) is 5.69 Å². The van der Waals surface area contributed by atoms with Crippen molar-refractivity contribution in [2.45, 2.75) is 18.1 Å². The van der Waals surface area contributed by atoms with Gasteiger partial charge in [0.25, 0.3) is 5.91 Å². The van der Waals surface area contributed by atoms with Gasteiger partial charge in [0.15, 0.2) is 11.0 Å². The van der Waals surface area contributed by atoms with Crippen LogP contribution in [0.5, 0.6) is 0 Å². The fourth-order valence-corrected chi connectivity index (χ4v) is 3.64. The van der Waals surface area contributed by atoms with Crippen LogP contribution in [0.15, 0.2) is 53.7 Å². The molecule has 0 spiro atoms. The van der Waals surface area contributed by atoms with Crippen molar-refractivity contribution in [1.29, 1.82) is 0 Å². The summed E-state index contributed by atoms with van der Waals surface area (Å²) in [6.07, 6.45) is 0. The minimum Gasteiger partial charge on any atom is -0.545 e. The van der Waals surface area contributed by atoms with Crippen LogP contribution in [0, 0.1) is 0 Å². The van der Waals surface area contributed by atoms with Crippen LogP contribution in [0.25, 0.3) is 0 Å². The van der Waals surface area contributed by atoms with Gasteiger partial charge in [0.2, 0.25) is 5.91 Å². The lowest BCUT2D eigenvalue weighted by Gasteiger charge is -2.13. The van der Waals surface area contributed by atoms with Crippen molar-refractivity contribution in [3.8, 4) is 0 Å². The second-order valence-corrected chi connectivity index (χ2v) is 8.18. The van der Waals surface area contributed by atoms with Crippen molar-refractivity contribution in [2.75, 3.05) is 11.1 Å². The van der Waals surface area contributed by atoms with E-state index in [0.29, 0.717) is 27.3 Å². The number of benzene rings is 2. The molecule has 2 N–H and O–H groups in total. The van der Waals surface area contributed by atoms with E-state index in [-0.39, 0.29) is 23.1 Å². The number of anilines is 1. The minimum atomic E-state index is -1.28. The van der Waals surface area contributed by atoms with Crippen LogP contribution in [-0.2, 0) is 11.8 Å². The average Bonchev–Trinajstić information content (AvgIpc) is 3.13. The highest BCUT2D eigenvalue weighted by Gasteiger charge is 2.19. The monoisotopic (exact) mass is 472 g/mol. The number of nitrogens with one attached hydrogen (secondary N) is 2. The minimum absolute atomic E-state index is 0.0289. The first-order valence-corrected chi connectivity index (χ1v) is 10.8. The number of hydrogen-bond donors (Lipinski definition) is 2. The van der Waals surface area contributed by atoms with Crippen molar-refractivity contribution in [2.24, 2.45) is 7.05 Å². The van der Waals surface area contributed by atoms with Crippen LogP contribution >= 0.6 is 23.4 Å². The van der Waals surface area contributed by atoms with Gasteiger partial charge in [-0.3, -0.25) is 9.59 Å². The fourth-order valence-electron chi connectivity index (χ4n) is 2.79. The Hall–Kier alpha value is -3.37. The summed E-state index contributed by atoms with van der Waals surface area (Å²) >= 11 is 7.03. The highest BCUT2D eigenvalue weighted by atomic mass is 35.5. The Balaban J connectivity index is 1.55. The molecule has 166 valence electrons. The number of carbonyl (C=O) groups excluding carboxylic acids is 3. The van der Waals surface area contributed by atoms with Gasteiger partial charge in [0, 0.05) is 23.3 Å². The predicted molar refractivity (Wildman–Crippen MR) is 118 cm³/mol. The molecule has 0 saturated carbocycles. The third-order valence-electron chi connectivity index (χ3n) is 4.45. The van der Waals surface area contributed by atoms with Crippen molar-refractivity contribution in [1.82, 2.24) is 20.1 Å². The molecule has 3 aromatic rings. The molecule has 3 rings (SSSR count). The maximum Gasteiger partial charge on any atom is 0.251 e. The second-order valence-electron chi connectivity index (χ2n) is 6.80. The summed E-state index contributed by atoms with van der Waals surface area (Å²) in [5, 5.41) is 25.6. The summed E-state index contributed by atoms with van der Waals surface area (Å²) in [4.78, 5) is 35.4. The van der Waals surface area contributed by atoms with Gasteiger partial charge < -0.3 is 25.1 Å². The van der Waals surface area contributed by atoms with E-state index < -0.39 is 12.0 Å². The molecule has 1 aromatic heterocycles. The molecule has 32 heavy (non-hydrogen) atoms. The number of carbonyl (C=O) groups is 3. The molecule has 0 aliphatic carbocycles. The molecule has 0 aliphatic heterocycles. The molecule has 9 nitrogen and oxygen atoms in total. The molecule has 0 saturated heterocycles. The third kappa shape index (κ3) is 5.86. The summed E-state index contributed by atoms with van der Waals surface area (Å²) in [7, 11) is 1.75. The van der Waals surface area contributed by atoms with Crippen molar-refractivity contribution < 1.29 is 19.5 Å². The van der Waals surface area contributed by atoms with Gasteiger partial charge in [-0.15, -0.1) is 10.2 Å². The van der Waals surface area contributed by atoms with Crippen molar-refractivity contribution in [3.63, 3.8) is 0 Å². The molecule has 0 radical (unpaired) electrons. The number of aromatic nitrogens is 3. The summed E-state index contributed by atoms with van der Waals surface area (Å²) < 4.78 is 1.71. The fraction of sp³-hybridized carbons (Fsp3) is 0.190. The van der Waals surface area contributed by atoms with Crippen LogP contribution < -0.4 is 15.7 Å². The van der Waals surface area contributed by atoms with Gasteiger partial charge in [0.05, 0.1) is 17.8 Å². The molecule has 0 bridgehead atoms. The van der Waals surface area contributed by atoms with E-state index in [9.17, 15) is 19.5 Å². The van der Waals surface area contributed by atoms with Crippen molar-refractivity contribution >= 4 is 46.8 Å². The first-order chi connectivity index (χ1) is 15.2. The highest BCUT2D eigenvalue weighted by molar-refractivity contribution is 7.99. The summed E-state index contributed by atoms with van der Waals surface area (Å²) in [5.41, 5.74) is 0.974. The number of carboxylic acid groups (broad SMARTS) is 1. The molecule has 1 heterocycles. The lowest BCUT2D eigenvalue weighted by atomic mass is 10.2. The lowest BCUT2D eigenvalue weighted by molar-refractivity contribution is -0.255. The standard InChI is InChI=1S/C21H20ClN5O4S/c1-12(23-19(29)13-3-7-15(22)8-4-13)18-25-26-21(27(18)2)32-11-17(28)24-16-9-5-14(6-10-16)20(30)31/h3-10,12H,11H2,1-2H3,(H,23,29)(H,24,28)(H,30,31)/p-1/t12-/m1/s1. The normalized spacial score (nSPS) is 11.6. The van der Waals surface area contributed by atoms with Crippen LogP contribution in [0.1, 0.15) is 39.5 Å². The van der Waals surface area contributed by atoms with Gasteiger partial charge >= 0.3 is 0 Å². The number of amides is 2. The number of halogens is 1. The number of aromatic carboxylic acids is 1. The molecule has 11 heteroatoms.